The summed E-state index contributed by atoms with van der Waals surface area (Å²) in [7, 11) is 1.29. The predicted molar refractivity (Wildman–Crippen MR) is 130 cm³/mol. The van der Waals surface area contributed by atoms with Gasteiger partial charge in [-0.1, -0.05) is 41.0 Å². The third-order valence-electron chi connectivity index (χ3n) is 6.01. The lowest BCUT2D eigenvalue weighted by Crippen LogP contribution is -2.33. The lowest BCUT2D eigenvalue weighted by Gasteiger charge is -2.23. The van der Waals surface area contributed by atoms with Gasteiger partial charge in [0.05, 0.1) is 19.6 Å². The van der Waals surface area contributed by atoms with Crippen molar-refractivity contribution < 1.29 is 23.6 Å². The first kappa shape index (κ1) is 24.8. The fraction of sp³-hybridized carbons (Fsp3) is 0.346. The summed E-state index contributed by atoms with van der Waals surface area (Å²) in [5, 5.41) is 4.83. The molecule has 1 amide bonds. The smallest absolute Gasteiger partial charge is 0.323 e. The van der Waals surface area contributed by atoms with Crippen molar-refractivity contribution in [3.63, 3.8) is 0 Å². The van der Waals surface area contributed by atoms with E-state index in [9.17, 15) is 9.59 Å². The molecular weight excluding hydrogens is 470 g/mol. The number of benzene rings is 2. The van der Waals surface area contributed by atoms with Crippen LogP contribution in [0.3, 0.4) is 0 Å². The molecule has 2 heterocycles. The minimum absolute atomic E-state index is 0.0261. The zero-order valence-electron chi connectivity index (χ0n) is 19.5. The highest BCUT2D eigenvalue weighted by Crippen LogP contribution is 2.32. The van der Waals surface area contributed by atoms with E-state index in [0.29, 0.717) is 29.6 Å². The summed E-state index contributed by atoms with van der Waals surface area (Å²) in [5.74, 6) is 0.738. The number of rotatable bonds is 9. The second-order valence-corrected chi connectivity index (χ2v) is 8.97. The highest BCUT2D eigenvalue weighted by Gasteiger charge is 2.32. The van der Waals surface area contributed by atoms with Crippen LogP contribution in [0.4, 0.5) is 0 Å². The van der Waals surface area contributed by atoms with Gasteiger partial charge in [0.25, 0.3) is 0 Å². The molecule has 2 atom stereocenters. The second-order valence-electron chi connectivity index (χ2n) is 8.53. The fourth-order valence-corrected chi connectivity index (χ4v) is 4.26. The van der Waals surface area contributed by atoms with Crippen molar-refractivity contribution in [3.05, 3.63) is 82.2 Å². The molecule has 0 spiro atoms. The van der Waals surface area contributed by atoms with Crippen LogP contribution in [-0.4, -0.2) is 41.6 Å². The molecule has 1 aliphatic heterocycles. The Bertz CT molecular complexity index is 1150. The number of carbonyl (C=O) groups excluding carboxylic acids is 2. The molecule has 0 aliphatic carbocycles. The minimum atomic E-state index is -0.819. The van der Waals surface area contributed by atoms with Crippen molar-refractivity contribution in [3.8, 4) is 5.75 Å². The van der Waals surface area contributed by atoms with E-state index in [4.69, 9.17) is 26.6 Å². The molecule has 8 nitrogen and oxygen atoms in total. The molecule has 35 heavy (non-hydrogen) atoms. The lowest BCUT2D eigenvalue weighted by atomic mass is 10.1. The van der Waals surface area contributed by atoms with E-state index in [1.54, 1.807) is 6.07 Å². The van der Waals surface area contributed by atoms with E-state index in [-0.39, 0.29) is 24.8 Å². The van der Waals surface area contributed by atoms with Gasteiger partial charge in [-0.3, -0.25) is 9.59 Å². The maximum atomic E-state index is 13.1. The number of hydrogen-bond acceptors (Lipinski definition) is 7. The van der Waals surface area contributed by atoms with Crippen molar-refractivity contribution in [2.75, 3.05) is 13.7 Å². The summed E-state index contributed by atoms with van der Waals surface area (Å²) in [5.41, 5.74) is 8.41. The van der Waals surface area contributed by atoms with Crippen LogP contribution in [0.2, 0.25) is 5.02 Å². The van der Waals surface area contributed by atoms with Gasteiger partial charge < -0.3 is 24.6 Å². The van der Waals surface area contributed by atoms with E-state index in [1.807, 2.05) is 53.4 Å². The van der Waals surface area contributed by atoms with Crippen LogP contribution in [0.5, 0.6) is 5.75 Å². The Labute approximate surface area is 208 Å². The summed E-state index contributed by atoms with van der Waals surface area (Å²) in [6.07, 6.45) is 2.16. The van der Waals surface area contributed by atoms with Crippen LogP contribution in [-0.2, 0) is 33.8 Å². The lowest BCUT2D eigenvalue weighted by molar-refractivity contribution is -0.142. The quantitative estimate of drug-likeness (QED) is 0.447. The van der Waals surface area contributed by atoms with Crippen molar-refractivity contribution >= 4 is 23.5 Å². The normalized spacial score (nSPS) is 16.2. The summed E-state index contributed by atoms with van der Waals surface area (Å²) < 4.78 is 15.8. The zero-order valence-corrected chi connectivity index (χ0v) is 20.2. The molecule has 0 bridgehead atoms. The van der Waals surface area contributed by atoms with Crippen LogP contribution < -0.4 is 10.5 Å². The van der Waals surface area contributed by atoms with Gasteiger partial charge in [0.2, 0.25) is 5.91 Å². The molecule has 1 saturated heterocycles. The van der Waals surface area contributed by atoms with E-state index >= 15 is 0 Å². The molecule has 184 valence electrons. The Morgan fingerprint density at radius 2 is 1.89 bits per heavy atom. The molecule has 2 N–H and O–H groups in total. The van der Waals surface area contributed by atoms with Crippen LogP contribution in [0.1, 0.15) is 41.5 Å². The van der Waals surface area contributed by atoms with Crippen LogP contribution in [0, 0.1) is 0 Å². The Morgan fingerprint density at radius 3 is 2.60 bits per heavy atom. The van der Waals surface area contributed by atoms with Crippen molar-refractivity contribution in [1.29, 1.82) is 0 Å². The average molecular weight is 498 g/mol. The molecule has 0 radical (unpaired) electrons. The standard InChI is InChI=1S/C26H28ClN3O5/c1-33-26(32)22(28)14-21-15-23(29-35-21)24-3-2-12-30(24)25(31)13-17-6-10-20(11-7-17)34-16-18-4-8-19(27)9-5-18/h4-11,15,22,24H,2-3,12-14,16,28H2,1H3/t22-,24-/m0/s1. The molecule has 1 aromatic heterocycles. The maximum Gasteiger partial charge on any atom is 0.323 e. The fourth-order valence-electron chi connectivity index (χ4n) is 4.13. The number of nitrogens with two attached hydrogens (primary N) is 1. The molecular formula is C26H28ClN3O5. The molecule has 2 aromatic carbocycles. The number of aromatic nitrogens is 1. The maximum absolute atomic E-state index is 13.1. The summed E-state index contributed by atoms with van der Waals surface area (Å²) >= 11 is 5.91. The molecule has 1 fully saturated rings. The van der Waals surface area contributed by atoms with Gasteiger partial charge in [0.15, 0.2) is 0 Å². The largest absolute Gasteiger partial charge is 0.489 e. The van der Waals surface area contributed by atoms with Gasteiger partial charge in [0.1, 0.15) is 29.9 Å². The summed E-state index contributed by atoms with van der Waals surface area (Å²) in [6, 6.07) is 15.9. The van der Waals surface area contributed by atoms with Gasteiger partial charge in [0, 0.05) is 24.1 Å². The molecule has 9 heteroatoms. The Kier molecular flexibility index (Phi) is 8.05. The highest BCUT2D eigenvalue weighted by atomic mass is 35.5. The number of likely N-dealkylation sites (tertiary alicyclic amines) is 1. The van der Waals surface area contributed by atoms with E-state index in [1.165, 1.54) is 7.11 Å². The number of methoxy groups -OCH3 is 1. The van der Waals surface area contributed by atoms with Gasteiger partial charge >= 0.3 is 5.97 Å². The average Bonchev–Trinajstić information content (AvgIpc) is 3.53. The number of nitrogens with zero attached hydrogens (tertiary/aromatic N) is 2. The second kappa shape index (κ2) is 11.4. The van der Waals surface area contributed by atoms with Crippen molar-refractivity contribution in [2.24, 2.45) is 5.73 Å². The van der Waals surface area contributed by atoms with E-state index < -0.39 is 12.0 Å². The Hall–Kier alpha value is -3.36. The Balaban J connectivity index is 1.32. The SMILES string of the molecule is COC(=O)[C@@H](N)Cc1cc([C@@H]2CCCN2C(=O)Cc2ccc(OCc3ccc(Cl)cc3)cc2)no1. The number of halogens is 1. The molecule has 3 aromatic rings. The summed E-state index contributed by atoms with van der Waals surface area (Å²) in [6.45, 7) is 1.10. The monoisotopic (exact) mass is 497 g/mol. The number of ether oxygens (including phenoxy) is 2. The molecule has 4 rings (SSSR count). The first-order valence-corrected chi connectivity index (χ1v) is 11.9. The first-order chi connectivity index (χ1) is 16.9. The van der Waals surface area contributed by atoms with Gasteiger partial charge in [-0.25, -0.2) is 0 Å². The van der Waals surface area contributed by atoms with Crippen LogP contribution in [0.25, 0.3) is 0 Å². The predicted octanol–water partition coefficient (Wildman–Crippen LogP) is 3.86. The zero-order chi connectivity index (χ0) is 24.8. The number of esters is 1. The first-order valence-electron chi connectivity index (χ1n) is 11.5. The van der Waals surface area contributed by atoms with Crippen LogP contribution >= 0.6 is 11.6 Å². The van der Waals surface area contributed by atoms with Gasteiger partial charge in [-0.05, 0) is 48.2 Å². The number of amides is 1. The summed E-state index contributed by atoms with van der Waals surface area (Å²) in [4.78, 5) is 26.5. The van der Waals surface area contributed by atoms with Gasteiger partial charge in [-0.2, -0.15) is 0 Å². The van der Waals surface area contributed by atoms with Gasteiger partial charge in [-0.15, -0.1) is 0 Å². The van der Waals surface area contributed by atoms with E-state index in [0.717, 1.165) is 29.7 Å². The van der Waals surface area contributed by atoms with Crippen molar-refractivity contribution in [2.45, 2.75) is 44.4 Å². The number of hydrogen-bond donors (Lipinski definition) is 1. The van der Waals surface area contributed by atoms with Crippen LogP contribution in [0.15, 0.2) is 59.1 Å². The minimum Gasteiger partial charge on any atom is -0.489 e. The molecule has 0 saturated carbocycles. The third kappa shape index (κ3) is 6.41. The van der Waals surface area contributed by atoms with Crippen molar-refractivity contribution in [1.82, 2.24) is 10.1 Å². The topological polar surface area (TPSA) is 108 Å². The molecule has 1 aliphatic rings. The molecule has 0 unspecified atom stereocenters. The van der Waals surface area contributed by atoms with E-state index in [2.05, 4.69) is 9.89 Å². The Morgan fingerprint density at radius 1 is 1.17 bits per heavy atom. The third-order valence-corrected chi connectivity index (χ3v) is 6.27. The highest BCUT2D eigenvalue weighted by molar-refractivity contribution is 6.30. The number of carbonyl (C=O) groups is 2.